The van der Waals surface area contributed by atoms with Crippen LogP contribution in [0.1, 0.15) is 30.7 Å². The summed E-state index contributed by atoms with van der Waals surface area (Å²) >= 11 is 1.10. The number of amides is 2. The molecule has 0 radical (unpaired) electrons. The molecule has 0 unspecified atom stereocenters. The number of nitrogens with zero attached hydrogens (tertiary/aromatic N) is 2. The third-order valence-corrected chi connectivity index (χ3v) is 6.08. The molecule has 0 fully saturated rings. The van der Waals surface area contributed by atoms with Crippen molar-refractivity contribution < 1.29 is 28.2 Å². The summed E-state index contributed by atoms with van der Waals surface area (Å²) in [4.78, 5) is 24.9. The van der Waals surface area contributed by atoms with Crippen LogP contribution in [-0.4, -0.2) is 36.2 Å². The molecular formula is C26H23FN4O5S. The summed E-state index contributed by atoms with van der Waals surface area (Å²) in [6.07, 6.45) is 0. The molecule has 37 heavy (non-hydrogen) atoms. The van der Waals surface area contributed by atoms with E-state index < -0.39 is 5.91 Å². The first-order chi connectivity index (χ1) is 18.0. The summed E-state index contributed by atoms with van der Waals surface area (Å²) in [5.74, 6) is 0.493. The molecule has 0 saturated carbocycles. The summed E-state index contributed by atoms with van der Waals surface area (Å²) < 4.78 is 29.9. The quantitative estimate of drug-likeness (QED) is 0.316. The number of carbonyl (C=O) groups is 2. The van der Waals surface area contributed by atoms with Crippen molar-refractivity contribution >= 4 is 28.8 Å². The molecule has 0 atom stereocenters. The highest BCUT2D eigenvalue weighted by atomic mass is 32.1. The van der Waals surface area contributed by atoms with Gasteiger partial charge in [-0.3, -0.25) is 9.59 Å². The zero-order chi connectivity index (χ0) is 26.2. The molecule has 0 spiro atoms. The van der Waals surface area contributed by atoms with Crippen molar-refractivity contribution in [3.63, 3.8) is 0 Å². The van der Waals surface area contributed by atoms with Crippen molar-refractivity contribution in [2.75, 3.05) is 19.5 Å². The molecule has 1 heterocycles. The molecule has 11 heteroatoms. The smallest absolute Gasteiger partial charge is 0.286 e. The number of nitrogens with one attached hydrogen (secondary N) is 2. The minimum Gasteiger partial charge on any atom is -0.493 e. The van der Waals surface area contributed by atoms with Gasteiger partial charge >= 0.3 is 0 Å². The molecule has 9 nitrogen and oxygen atoms in total. The Morgan fingerprint density at radius 1 is 0.919 bits per heavy atom. The fraction of sp³-hybridized carbons (Fsp3) is 0.154. The van der Waals surface area contributed by atoms with Gasteiger partial charge in [0, 0.05) is 29.4 Å². The van der Waals surface area contributed by atoms with E-state index in [1.54, 1.807) is 67.8 Å². The molecule has 0 aliphatic heterocycles. The lowest BCUT2D eigenvalue weighted by molar-refractivity contribution is 0.0950. The van der Waals surface area contributed by atoms with Crippen LogP contribution in [0.2, 0.25) is 0 Å². The van der Waals surface area contributed by atoms with Gasteiger partial charge in [0.2, 0.25) is 5.01 Å². The predicted octanol–water partition coefficient (Wildman–Crippen LogP) is 4.46. The number of anilines is 1. The first-order valence-electron chi connectivity index (χ1n) is 11.1. The molecule has 3 aromatic carbocycles. The number of carbonyl (C=O) groups excluding carboxylic acids is 2. The minimum absolute atomic E-state index is 0.0685. The Kier molecular flexibility index (Phi) is 8.26. The van der Waals surface area contributed by atoms with Crippen LogP contribution >= 0.6 is 11.3 Å². The van der Waals surface area contributed by atoms with Gasteiger partial charge in [0.1, 0.15) is 18.2 Å². The van der Waals surface area contributed by atoms with E-state index in [2.05, 4.69) is 20.8 Å². The average Bonchev–Trinajstić information content (AvgIpc) is 3.41. The second-order valence-corrected chi connectivity index (χ2v) is 8.67. The van der Waals surface area contributed by atoms with Gasteiger partial charge in [-0.2, -0.15) is 0 Å². The number of hydrogen-bond acceptors (Lipinski definition) is 8. The van der Waals surface area contributed by atoms with E-state index in [0.29, 0.717) is 39.1 Å². The molecule has 0 bridgehead atoms. The summed E-state index contributed by atoms with van der Waals surface area (Å²) in [5.41, 5.74) is 1.25. The van der Waals surface area contributed by atoms with Crippen LogP contribution in [0, 0.1) is 5.82 Å². The van der Waals surface area contributed by atoms with Gasteiger partial charge in [-0.15, -0.1) is 10.2 Å². The molecule has 1 aromatic heterocycles. The molecular weight excluding hydrogens is 499 g/mol. The molecule has 2 amide bonds. The maximum Gasteiger partial charge on any atom is 0.286 e. The fourth-order valence-electron chi connectivity index (χ4n) is 3.26. The molecule has 190 valence electrons. The van der Waals surface area contributed by atoms with Gasteiger partial charge in [-0.05, 0) is 42.5 Å². The van der Waals surface area contributed by atoms with Crippen molar-refractivity contribution in [3.8, 4) is 17.2 Å². The van der Waals surface area contributed by atoms with Gasteiger partial charge in [0.15, 0.2) is 16.5 Å². The highest BCUT2D eigenvalue weighted by molar-refractivity contribution is 7.13. The van der Waals surface area contributed by atoms with Crippen LogP contribution in [0.15, 0.2) is 66.7 Å². The van der Waals surface area contributed by atoms with Gasteiger partial charge in [0.05, 0.1) is 14.2 Å². The molecule has 4 rings (SSSR count). The van der Waals surface area contributed by atoms with E-state index in [0.717, 1.165) is 11.3 Å². The lowest BCUT2D eigenvalue weighted by Gasteiger charge is -2.09. The molecule has 0 aliphatic carbocycles. The predicted molar refractivity (Wildman–Crippen MR) is 136 cm³/mol. The number of rotatable bonds is 10. The topological polar surface area (TPSA) is 112 Å². The third-order valence-electron chi connectivity index (χ3n) is 5.18. The van der Waals surface area contributed by atoms with Crippen LogP contribution in [0.25, 0.3) is 0 Å². The summed E-state index contributed by atoms with van der Waals surface area (Å²) in [6.45, 7) is 0.191. The Hall–Kier alpha value is -4.51. The van der Waals surface area contributed by atoms with Gasteiger partial charge in [-0.25, -0.2) is 4.39 Å². The first kappa shape index (κ1) is 25.6. The van der Waals surface area contributed by atoms with E-state index in [1.165, 1.54) is 13.2 Å². The van der Waals surface area contributed by atoms with E-state index >= 15 is 0 Å². The van der Waals surface area contributed by atoms with Gasteiger partial charge < -0.3 is 24.8 Å². The van der Waals surface area contributed by atoms with Crippen LogP contribution in [0.3, 0.4) is 0 Å². The molecule has 0 saturated heterocycles. The van der Waals surface area contributed by atoms with Crippen molar-refractivity contribution in [2.24, 2.45) is 0 Å². The highest BCUT2D eigenvalue weighted by Gasteiger charge is 2.15. The van der Waals surface area contributed by atoms with E-state index in [4.69, 9.17) is 14.2 Å². The lowest BCUT2D eigenvalue weighted by atomic mass is 10.1. The lowest BCUT2D eigenvalue weighted by Crippen LogP contribution is -2.23. The zero-order valence-corrected chi connectivity index (χ0v) is 20.8. The van der Waals surface area contributed by atoms with Crippen molar-refractivity contribution in [1.82, 2.24) is 15.5 Å². The zero-order valence-electron chi connectivity index (χ0n) is 20.0. The van der Waals surface area contributed by atoms with Crippen LogP contribution in [-0.2, 0) is 13.2 Å². The largest absolute Gasteiger partial charge is 0.493 e. The molecule has 0 aliphatic rings. The van der Waals surface area contributed by atoms with E-state index in [-0.39, 0.29) is 29.9 Å². The maximum absolute atomic E-state index is 13.7. The number of ether oxygens (including phenoxy) is 3. The van der Waals surface area contributed by atoms with Crippen LogP contribution in [0.5, 0.6) is 17.2 Å². The Morgan fingerprint density at radius 2 is 1.68 bits per heavy atom. The van der Waals surface area contributed by atoms with Crippen LogP contribution < -0.4 is 24.8 Å². The Morgan fingerprint density at radius 3 is 2.41 bits per heavy atom. The highest BCUT2D eigenvalue weighted by Crippen LogP contribution is 2.31. The van der Waals surface area contributed by atoms with Crippen molar-refractivity contribution in [2.45, 2.75) is 13.2 Å². The third kappa shape index (κ3) is 6.58. The number of methoxy groups -OCH3 is 2. The van der Waals surface area contributed by atoms with Crippen molar-refractivity contribution in [1.29, 1.82) is 0 Å². The summed E-state index contributed by atoms with van der Waals surface area (Å²) in [5, 5.41) is 14.0. The first-order valence-corrected chi connectivity index (χ1v) is 11.9. The number of aromatic nitrogens is 2. The van der Waals surface area contributed by atoms with Crippen molar-refractivity contribution in [3.05, 3.63) is 93.7 Å². The second kappa shape index (κ2) is 12.0. The summed E-state index contributed by atoms with van der Waals surface area (Å²) in [7, 11) is 3.08. The van der Waals surface area contributed by atoms with E-state index in [1.807, 2.05) is 0 Å². The normalized spacial score (nSPS) is 10.5. The second-order valence-electron chi connectivity index (χ2n) is 7.61. The van der Waals surface area contributed by atoms with Gasteiger partial charge in [-0.1, -0.05) is 29.5 Å². The van der Waals surface area contributed by atoms with E-state index in [9.17, 15) is 14.0 Å². The standard InChI is InChI=1S/C26H23FN4O5S/c1-34-21-12-11-19(13-22(21)35-2)36-15-23-30-31-26(37-23)25(33)29-18-9-7-16(8-10-18)24(32)28-14-17-5-3-4-6-20(17)27/h3-13H,14-15H2,1-2H3,(H,28,32)(H,29,33). The monoisotopic (exact) mass is 522 g/mol. The minimum atomic E-state index is -0.438. The SMILES string of the molecule is COc1ccc(OCc2nnc(C(=O)Nc3ccc(C(=O)NCc4ccccc4F)cc3)s2)cc1OC. The Balaban J connectivity index is 1.29. The van der Waals surface area contributed by atoms with Gasteiger partial charge in [0.25, 0.3) is 11.8 Å². The number of hydrogen-bond donors (Lipinski definition) is 2. The fourth-order valence-corrected chi connectivity index (χ4v) is 3.91. The number of halogens is 1. The number of benzene rings is 3. The Labute approximate surface area is 216 Å². The Bertz CT molecular complexity index is 1390. The molecule has 4 aromatic rings. The van der Waals surface area contributed by atoms with Crippen LogP contribution in [0.4, 0.5) is 10.1 Å². The maximum atomic E-state index is 13.7. The summed E-state index contributed by atoms with van der Waals surface area (Å²) in [6, 6.07) is 17.7. The average molecular weight is 523 g/mol. The molecule has 2 N–H and O–H groups in total.